The first-order valence-electron chi connectivity index (χ1n) is 10.5. The molecule has 2 aromatic carbocycles. The molecule has 3 aromatic rings. The van der Waals surface area contributed by atoms with Crippen molar-refractivity contribution in [1.82, 2.24) is 10.3 Å². The second-order valence-corrected chi connectivity index (χ2v) is 8.68. The molecule has 166 valence electrons. The predicted octanol–water partition coefficient (Wildman–Crippen LogP) is 3.94. The third kappa shape index (κ3) is 5.38. The van der Waals surface area contributed by atoms with Crippen LogP contribution in [0.15, 0.2) is 60.0 Å². The Morgan fingerprint density at radius 2 is 1.88 bits per heavy atom. The summed E-state index contributed by atoms with van der Waals surface area (Å²) in [5.41, 5.74) is 1.65. The summed E-state index contributed by atoms with van der Waals surface area (Å²) in [6, 6.07) is 15.4. The number of nitrogens with one attached hydrogen (secondary N) is 2. The lowest BCUT2D eigenvalue weighted by molar-refractivity contribution is -0.121. The third-order valence-electron chi connectivity index (χ3n) is 5.66. The Morgan fingerprint density at radius 3 is 2.62 bits per heavy atom. The molecule has 1 aliphatic heterocycles. The van der Waals surface area contributed by atoms with Gasteiger partial charge in [-0.25, -0.2) is 9.37 Å². The Hall–Kier alpha value is -3.10. The molecule has 0 atom stereocenters. The molecule has 8 heteroatoms. The van der Waals surface area contributed by atoms with Gasteiger partial charge in [0.2, 0.25) is 5.91 Å². The second kappa shape index (κ2) is 10.0. The fourth-order valence-corrected chi connectivity index (χ4v) is 4.55. The zero-order chi connectivity index (χ0) is 22.4. The highest BCUT2D eigenvalue weighted by molar-refractivity contribution is 7.14. The first-order valence-corrected chi connectivity index (χ1v) is 11.3. The van der Waals surface area contributed by atoms with E-state index in [1.807, 2.05) is 12.1 Å². The van der Waals surface area contributed by atoms with Gasteiger partial charge >= 0.3 is 0 Å². The summed E-state index contributed by atoms with van der Waals surface area (Å²) < 4.78 is 19.3. The van der Waals surface area contributed by atoms with E-state index in [4.69, 9.17) is 4.74 Å². The minimum atomic E-state index is -0.354. The van der Waals surface area contributed by atoms with Gasteiger partial charge in [0.25, 0.3) is 5.91 Å². The number of amides is 2. The van der Waals surface area contributed by atoms with Gasteiger partial charge in [0.15, 0.2) is 5.13 Å². The van der Waals surface area contributed by atoms with Gasteiger partial charge in [-0.05, 0) is 42.7 Å². The van der Waals surface area contributed by atoms with E-state index >= 15 is 0 Å². The summed E-state index contributed by atoms with van der Waals surface area (Å²) in [6.07, 6.45) is 1.53. The summed E-state index contributed by atoms with van der Waals surface area (Å²) in [6.45, 7) is 1.55. The molecule has 2 amide bonds. The van der Waals surface area contributed by atoms with Crippen LogP contribution in [0.3, 0.4) is 0 Å². The number of halogens is 1. The van der Waals surface area contributed by atoms with Crippen LogP contribution in [-0.4, -0.2) is 36.6 Å². The van der Waals surface area contributed by atoms with Crippen LogP contribution in [0.5, 0.6) is 0 Å². The highest BCUT2D eigenvalue weighted by Gasteiger charge is 2.35. The van der Waals surface area contributed by atoms with Crippen LogP contribution in [0.4, 0.5) is 9.52 Å². The maximum absolute atomic E-state index is 13.8. The Bertz CT molecular complexity index is 1080. The molecule has 32 heavy (non-hydrogen) atoms. The van der Waals surface area contributed by atoms with Gasteiger partial charge in [-0.1, -0.05) is 30.3 Å². The lowest BCUT2D eigenvalue weighted by Gasteiger charge is -2.38. The van der Waals surface area contributed by atoms with Crippen LogP contribution in [0.1, 0.15) is 34.5 Å². The Labute approximate surface area is 189 Å². The number of hydrogen-bond acceptors (Lipinski definition) is 5. The number of thiazole rings is 1. The van der Waals surface area contributed by atoms with E-state index in [0.29, 0.717) is 49.0 Å². The maximum atomic E-state index is 13.8. The van der Waals surface area contributed by atoms with Crippen molar-refractivity contribution in [3.05, 3.63) is 82.6 Å². The van der Waals surface area contributed by atoms with E-state index < -0.39 is 0 Å². The van der Waals surface area contributed by atoms with Gasteiger partial charge in [-0.15, -0.1) is 11.3 Å². The molecule has 6 nitrogen and oxygen atoms in total. The molecule has 1 saturated heterocycles. The smallest absolute Gasteiger partial charge is 0.257 e. The zero-order valence-corrected chi connectivity index (χ0v) is 18.3. The molecule has 2 heterocycles. The molecule has 0 aliphatic carbocycles. The van der Waals surface area contributed by atoms with Gasteiger partial charge < -0.3 is 10.1 Å². The highest BCUT2D eigenvalue weighted by atomic mass is 32.1. The fourth-order valence-electron chi connectivity index (χ4n) is 3.85. The number of carbonyl (C=O) groups is 2. The molecule has 1 aromatic heterocycles. The average Bonchev–Trinajstić information content (AvgIpc) is 3.25. The molecule has 2 N–H and O–H groups in total. The molecular weight excluding hydrogens is 429 g/mol. The van der Waals surface area contributed by atoms with E-state index in [1.54, 1.807) is 41.8 Å². The quantitative estimate of drug-likeness (QED) is 0.568. The monoisotopic (exact) mass is 453 g/mol. The average molecular weight is 454 g/mol. The van der Waals surface area contributed by atoms with Crippen molar-refractivity contribution in [2.45, 2.75) is 24.7 Å². The van der Waals surface area contributed by atoms with Crippen LogP contribution < -0.4 is 10.6 Å². The van der Waals surface area contributed by atoms with Gasteiger partial charge in [0.1, 0.15) is 5.82 Å². The number of rotatable bonds is 7. The second-order valence-electron chi connectivity index (χ2n) is 7.82. The number of nitrogens with zero attached hydrogens (tertiary/aromatic N) is 1. The number of hydrogen-bond donors (Lipinski definition) is 2. The van der Waals surface area contributed by atoms with Gasteiger partial charge in [-0.3, -0.25) is 14.9 Å². The molecule has 0 radical (unpaired) electrons. The molecule has 4 rings (SSSR count). The van der Waals surface area contributed by atoms with Crippen molar-refractivity contribution in [3.8, 4) is 0 Å². The van der Waals surface area contributed by atoms with E-state index in [1.165, 1.54) is 17.4 Å². The van der Waals surface area contributed by atoms with Crippen molar-refractivity contribution in [2.75, 3.05) is 25.1 Å². The van der Waals surface area contributed by atoms with E-state index in [0.717, 1.165) is 5.56 Å². The van der Waals surface area contributed by atoms with Crippen LogP contribution >= 0.6 is 11.3 Å². The standard InChI is InChI=1S/C24H24FN3O3S/c25-19-8-4-7-18(13-19)24(9-11-31-12-10-24)16-26-21(29)14-20-15-32-23(27-20)28-22(30)17-5-2-1-3-6-17/h1-8,13,15H,9-12,14,16H2,(H,26,29)(H,27,28,30). The van der Waals surface area contributed by atoms with Crippen molar-refractivity contribution >= 4 is 28.3 Å². The molecule has 1 fully saturated rings. The summed E-state index contributed by atoms with van der Waals surface area (Å²) in [5.74, 6) is -0.696. The van der Waals surface area contributed by atoms with E-state index in [9.17, 15) is 14.0 Å². The van der Waals surface area contributed by atoms with Gasteiger partial charge in [-0.2, -0.15) is 0 Å². The van der Waals surface area contributed by atoms with Crippen LogP contribution in [0.2, 0.25) is 0 Å². The first-order chi connectivity index (χ1) is 15.5. The number of carbonyl (C=O) groups excluding carboxylic acids is 2. The van der Waals surface area contributed by atoms with Gasteiger partial charge in [0.05, 0.1) is 12.1 Å². The number of aromatic nitrogens is 1. The Kier molecular flexibility index (Phi) is 6.92. The fraction of sp³-hybridized carbons (Fsp3) is 0.292. The molecule has 0 unspecified atom stereocenters. The van der Waals surface area contributed by atoms with Crippen molar-refractivity contribution in [3.63, 3.8) is 0 Å². The van der Waals surface area contributed by atoms with E-state index in [-0.39, 0.29) is 29.5 Å². The normalized spacial score (nSPS) is 15.2. The minimum absolute atomic E-state index is 0.105. The number of benzene rings is 2. The lowest BCUT2D eigenvalue weighted by atomic mass is 9.74. The molecule has 0 bridgehead atoms. The molecule has 1 aliphatic rings. The summed E-state index contributed by atoms with van der Waals surface area (Å²) in [5, 5.41) is 7.96. The summed E-state index contributed by atoms with van der Waals surface area (Å²) in [4.78, 5) is 29.2. The van der Waals surface area contributed by atoms with Crippen LogP contribution in [-0.2, 0) is 21.4 Å². The Balaban J connectivity index is 1.35. The number of ether oxygens (including phenoxy) is 1. The maximum Gasteiger partial charge on any atom is 0.257 e. The van der Waals surface area contributed by atoms with Crippen molar-refractivity contribution in [1.29, 1.82) is 0 Å². The van der Waals surface area contributed by atoms with Crippen molar-refractivity contribution in [2.24, 2.45) is 0 Å². The van der Waals surface area contributed by atoms with Crippen molar-refractivity contribution < 1.29 is 18.7 Å². The van der Waals surface area contributed by atoms with Crippen LogP contribution in [0.25, 0.3) is 0 Å². The first kappa shape index (κ1) is 22.1. The lowest BCUT2D eigenvalue weighted by Crippen LogP contribution is -2.45. The van der Waals surface area contributed by atoms with Gasteiger partial charge in [0, 0.05) is 36.1 Å². The largest absolute Gasteiger partial charge is 0.381 e. The topological polar surface area (TPSA) is 80.3 Å². The highest BCUT2D eigenvalue weighted by Crippen LogP contribution is 2.34. The third-order valence-corrected chi connectivity index (χ3v) is 6.47. The zero-order valence-electron chi connectivity index (χ0n) is 17.5. The molecular formula is C24H24FN3O3S. The molecule has 0 spiro atoms. The Morgan fingerprint density at radius 1 is 1.09 bits per heavy atom. The predicted molar refractivity (Wildman–Crippen MR) is 121 cm³/mol. The van der Waals surface area contributed by atoms with Crippen LogP contribution in [0, 0.1) is 5.82 Å². The van der Waals surface area contributed by atoms with E-state index in [2.05, 4.69) is 15.6 Å². The molecule has 0 saturated carbocycles. The SMILES string of the molecule is O=C(Cc1csc(NC(=O)c2ccccc2)n1)NCC1(c2cccc(F)c2)CCOCC1. The summed E-state index contributed by atoms with van der Waals surface area (Å²) >= 11 is 1.28. The summed E-state index contributed by atoms with van der Waals surface area (Å²) in [7, 11) is 0. The minimum Gasteiger partial charge on any atom is -0.381 e. The number of anilines is 1.